The minimum atomic E-state index is -1.21. The van der Waals surface area contributed by atoms with Gasteiger partial charge >= 0.3 is 5.97 Å². The zero-order valence-electron chi connectivity index (χ0n) is 13.9. The van der Waals surface area contributed by atoms with Crippen LogP contribution >= 0.6 is 0 Å². The second-order valence-electron chi connectivity index (χ2n) is 7.09. The Morgan fingerprint density at radius 2 is 1.86 bits per heavy atom. The first-order valence-electron chi connectivity index (χ1n) is 7.36. The molecule has 0 N–H and O–H groups in total. The van der Waals surface area contributed by atoms with Gasteiger partial charge < -0.3 is 9.22 Å². The van der Waals surface area contributed by atoms with Crippen molar-refractivity contribution in [3.05, 3.63) is 48.0 Å². The Balaban J connectivity index is 2.84. The summed E-state index contributed by atoms with van der Waals surface area (Å²) in [6, 6.07) is 10.6. The molecule has 1 rings (SSSR count). The van der Waals surface area contributed by atoms with Crippen molar-refractivity contribution in [1.82, 2.24) is 0 Å². The monoisotopic (exact) mass is 306 g/mol. The van der Waals surface area contributed by atoms with Crippen molar-refractivity contribution in [1.29, 1.82) is 0 Å². The molecule has 116 valence electrons. The molecule has 1 atom stereocenters. The van der Waals surface area contributed by atoms with Crippen molar-refractivity contribution in [2.45, 2.75) is 26.2 Å². The molecule has 0 aliphatic heterocycles. The number of hydrogen-bond acceptors (Lipinski definition) is 2. The van der Waals surface area contributed by atoms with Gasteiger partial charge in [0.05, 0.1) is 26.9 Å². The van der Waals surface area contributed by atoms with Crippen LogP contribution in [0, 0.1) is 0 Å². The van der Waals surface area contributed by atoms with E-state index >= 15 is 0 Å². The zero-order valence-corrected chi connectivity index (χ0v) is 14.9. The smallest absolute Gasteiger partial charge is 0.330 e. The number of nitrogens with zero attached hydrogens (tertiary/aromatic N) is 1. The molecule has 0 bridgehead atoms. The second-order valence-corrected chi connectivity index (χ2v) is 12.5. The number of esters is 1. The lowest BCUT2D eigenvalue weighted by Crippen LogP contribution is -2.52. The maximum absolute atomic E-state index is 11.2. The highest BCUT2D eigenvalue weighted by atomic mass is 28.3. The molecular formula is C17H28NO2Si+. The molecule has 0 radical (unpaired) electrons. The zero-order chi connectivity index (χ0) is 15.9. The molecule has 0 saturated heterocycles. The maximum atomic E-state index is 11.2. The number of likely N-dealkylation sites (N-methyl/N-ethyl adjacent to an activating group) is 1. The molecule has 0 aliphatic rings. The number of benzene rings is 1. The summed E-state index contributed by atoms with van der Waals surface area (Å²) in [5.74, 6) is -0.283. The molecule has 3 nitrogen and oxygen atoms in total. The van der Waals surface area contributed by atoms with Gasteiger partial charge in [0.15, 0.2) is 0 Å². The first-order valence-corrected chi connectivity index (χ1v) is 11.1. The predicted molar refractivity (Wildman–Crippen MR) is 90.6 cm³/mol. The first-order chi connectivity index (χ1) is 9.74. The summed E-state index contributed by atoms with van der Waals surface area (Å²) >= 11 is 0. The SMILES string of the molecule is COC(=O)/C=C/C[N+](C)(Cc1ccccc1)C[Si](C)(C)C. The van der Waals surface area contributed by atoms with Gasteiger partial charge in [0.2, 0.25) is 0 Å². The van der Waals surface area contributed by atoms with Crippen LogP contribution in [0.3, 0.4) is 0 Å². The Hall–Kier alpha value is -1.39. The van der Waals surface area contributed by atoms with Crippen LogP contribution in [0.25, 0.3) is 0 Å². The maximum Gasteiger partial charge on any atom is 0.330 e. The van der Waals surface area contributed by atoms with E-state index in [4.69, 9.17) is 0 Å². The van der Waals surface area contributed by atoms with Crippen molar-refractivity contribution >= 4 is 14.0 Å². The van der Waals surface area contributed by atoms with E-state index in [1.54, 1.807) is 0 Å². The molecule has 0 aromatic heterocycles. The minimum Gasteiger partial charge on any atom is -0.466 e. The summed E-state index contributed by atoms with van der Waals surface area (Å²) in [5.41, 5.74) is 1.34. The van der Waals surface area contributed by atoms with Crippen molar-refractivity contribution in [2.75, 3.05) is 26.9 Å². The molecule has 1 aromatic carbocycles. The largest absolute Gasteiger partial charge is 0.466 e. The van der Waals surface area contributed by atoms with E-state index in [2.05, 4.69) is 55.7 Å². The molecule has 0 aliphatic carbocycles. The van der Waals surface area contributed by atoms with E-state index < -0.39 is 8.07 Å². The topological polar surface area (TPSA) is 26.3 Å². The number of quaternary nitrogens is 1. The summed E-state index contributed by atoms with van der Waals surface area (Å²) in [5, 5.41) is 0. The van der Waals surface area contributed by atoms with Gasteiger partial charge in [-0.1, -0.05) is 50.0 Å². The quantitative estimate of drug-likeness (QED) is 0.334. The lowest BCUT2D eigenvalue weighted by molar-refractivity contribution is -0.907. The fraction of sp³-hybridized carbons (Fsp3) is 0.471. The van der Waals surface area contributed by atoms with Crippen molar-refractivity contribution in [3.8, 4) is 0 Å². The molecule has 4 heteroatoms. The van der Waals surface area contributed by atoms with Crippen molar-refractivity contribution in [3.63, 3.8) is 0 Å². The van der Waals surface area contributed by atoms with Crippen LogP contribution in [0.15, 0.2) is 42.5 Å². The molecule has 21 heavy (non-hydrogen) atoms. The van der Waals surface area contributed by atoms with Crippen LogP contribution in [0.1, 0.15) is 5.56 Å². The van der Waals surface area contributed by atoms with Gasteiger partial charge in [-0.15, -0.1) is 0 Å². The van der Waals surface area contributed by atoms with E-state index in [1.807, 2.05) is 12.1 Å². The average Bonchev–Trinajstić information content (AvgIpc) is 2.37. The molecule has 0 heterocycles. The minimum absolute atomic E-state index is 0.283. The summed E-state index contributed by atoms with van der Waals surface area (Å²) in [7, 11) is 2.47. The third kappa shape index (κ3) is 7.25. The Bertz CT molecular complexity index is 479. The number of methoxy groups -OCH3 is 1. The number of carbonyl (C=O) groups is 1. The fourth-order valence-corrected chi connectivity index (χ4v) is 5.36. The third-order valence-electron chi connectivity index (χ3n) is 3.26. The molecule has 0 spiro atoms. The number of carbonyl (C=O) groups excluding carboxylic acids is 1. The normalized spacial score (nSPS) is 14.9. The van der Waals surface area contributed by atoms with E-state index in [9.17, 15) is 4.79 Å². The molecule has 0 amide bonds. The van der Waals surface area contributed by atoms with Gasteiger partial charge in [0.25, 0.3) is 0 Å². The van der Waals surface area contributed by atoms with Gasteiger partial charge in [-0.3, -0.25) is 0 Å². The van der Waals surface area contributed by atoms with Crippen LogP contribution < -0.4 is 0 Å². The Labute approximate surface area is 129 Å². The number of rotatable bonds is 7. The summed E-state index contributed by atoms with van der Waals surface area (Å²) < 4.78 is 5.58. The van der Waals surface area contributed by atoms with Gasteiger partial charge in [0, 0.05) is 11.6 Å². The van der Waals surface area contributed by atoms with Crippen LogP contribution in [0.4, 0.5) is 0 Å². The molecule has 1 unspecified atom stereocenters. The average molecular weight is 307 g/mol. The van der Waals surface area contributed by atoms with Gasteiger partial charge in [-0.05, 0) is 6.08 Å². The van der Waals surface area contributed by atoms with Gasteiger partial charge in [0.1, 0.15) is 14.6 Å². The highest BCUT2D eigenvalue weighted by molar-refractivity contribution is 6.75. The fourth-order valence-electron chi connectivity index (χ4n) is 2.83. The van der Waals surface area contributed by atoms with Gasteiger partial charge in [-0.2, -0.15) is 0 Å². The lowest BCUT2D eigenvalue weighted by atomic mass is 10.2. The number of ether oxygens (including phenoxy) is 1. The molecular weight excluding hydrogens is 278 g/mol. The number of hydrogen-bond donors (Lipinski definition) is 0. The van der Waals surface area contributed by atoms with E-state index in [0.29, 0.717) is 0 Å². The van der Waals surface area contributed by atoms with Crippen LogP contribution in [-0.2, 0) is 16.1 Å². The lowest BCUT2D eigenvalue weighted by Gasteiger charge is -2.38. The van der Waals surface area contributed by atoms with E-state index in [0.717, 1.165) is 17.6 Å². The summed E-state index contributed by atoms with van der Waals surface area (Å²) in [6.07, 6.45) is 4.65. The third-order valence-corrected chi connectivity index (χ3v) is 4.98. The van der Waals surface area contributed by atoms with Crippen molar-refractivity contribution in [2.24, 2.45) is 0 Å². The molecule has 0 fully saturated rings. The first kappa shape index (κ1) is 17.7. The second kappa shape index (κ2) is 7.57. The Kier molecular flexibility index (Phi) is 6.36. The Morgan fingerprint density at radius 1 is 1.24 bits per heavy atom. The van der Waals surface area contributed by atoms with Crippen molar-refractivity contribution < 1.29 is 14.0 Å². The van der Waals surface area contributed by atoms with Gasteiger partial charge in [-0.25, -0.2) is 4.79 Å². The molecule has 0 saturated carbocycles. The van der Waals surface area contributed by atoms with E-state index in [-0.39, 0.29) is 5.97 Å². The molecule has 1 aromatic rings. The summed E-state index contributed by atoms with van der Waals surface area (Å²) in [4.78, 5) is 11.2. The van der Waals surface area contributed by atoms with Crippen LogP contribution in [-0.4, -0.2) is 45.4 Å². The highest BCUT2D eigenvalue weighted by Crippen LogP contribution is 2.17. The van der Waals surface area contributed by atoms with E-state index in [1.165, 1.54) is 24.9 Å². The van der Waals surface area contributed by atoms with Crippen LogP contribution in [0.2, 0.25) is 19.6 Å². The Morgan fingerprint density at radius 3 is 2.38 bits per heavy atom. The summed E-state index contributed by atoms with van der Waals surface area (Å²) in [6.45, 7) is 8.99. The standard InChI is InChI=1S/C17H28NO2Si/c1-18(15-21(3,4)5,13-9-12-17(19)20-2)14-16-10-7-6-8-11-16/h6-12H,13-15H2,1-5H3/q+1/b12-9+. The van der Waals surface area contributed by atoms with Crippen LogP contribution in [0.5, 0.6) is 0 Å². The highest BCUT2D eigenvalue weighted by Gasteiger charge is 2.29. The predicted octanol–water partition coefficient (Wildman–Crippen LogP) is 3.24.